The molecule has 1 fully saturated rings. The number of thiocarbonyl (C=S) groups is 1. The summed E-state index contributed by atoms with van der Waals surface area (Å²) < 4.78 is 6.76. The van der Waals surface area contributed by atoms with Crippen LogP contribution in [0.3, 0.4) is 0 Å². The summed E-state index contributed by atoms with van der Waals surface area (Å²) in [5.74, 6) is 0. The first kappa shape index (κ1) is 16.7. The van der Waals surface area contributed by atoms with Gasteiger partial charge >= 0.3 is 0 Å². The standard InChI is InChI=1S/C19H23BrN2OS/c1-11-8-13-10-18(6-4-14(23-3)5-7-18)19(15(13)9-16(11)20)21-12(2)17(24)22-19/h8-9,14H,4-7,10H2,1-3H3,(H,22,24)/t14-,18-,19?. The fraction of sp³-hybridized carbons (Fsp3) is 0.579. The van der Waals surface area contributed by atoms with Crippen molar-refractivity contribution in [3.8, 4) is 0 Å². The van der Waals surface area contributed by atoms with Gasteiger partial charge in [-0.25, -0.2) is 0 Å². The van der Waals surface area contributed by atoms with Crippen molar-refractivity contribution in [1.29, 1.82) is 0 Å². The maximum absolute atomic E-state index is 5.61. The molecule has 1 aromatic rings. The van der Waals surface area contributed by atoms with Gasteiger partial charge in [-0.15, -0.1) is 0 Å². The second kappa shape index (κ2) is 5.61. The smallest absolute Gasteiger partial charge is 0.162 e. The van der Waals surface area contributed by atoms with Crippen LogP contribution in [0.1, 0.15) is 49.3 Å². The second-order valence-electron chi connectivity index (χ2n) is 7.51. The predicted octanol–water partition coefficient (Wildman–Crippen LogP) is 4.43. The Morgan fingerprint density at radius 1 is 1.29 bits per heavy atom. The van der Waals surface area contributed by atoms with Crippen LogP contribution in [0.4, 0.5) is 0 Å². The first-order chi connectivity index (χ1) is 11.4. The number of hydrogen-bond acceptors (Lipinski definition) is 3. The number of ether oxygens (including phenoxy) is 1. The Morgan fingerprint density at radius 2 is 2.00 bits per heavy atom. The van der Waals surface area contributed by atoms with Crippen LogP contribution in [0.25, 0.3) is 0 Å². The van der Waals surface area contributed by atoms with Crippen LogP contribution >= 0.6 is 28.1 Å². The largest absolute Gasteiger partial charge is 0.381 e. The molecule has 1 saturated carbocycles. The maximum Gasteiger partial charge on any atom is 0.162 e. The molecule has 0 bridgehead atoms. The number of hydrogen-bond donors (Lipinski definition) is 1. The van der Waals surface area contributed by atoms with Crippen molar-refractivity contribution < 1.29 is 4.74 Å². The van der Waals surface area contributed by atoms with E-state index in [0.717, 1.165) is 47.3 Å². The molecule has 1 aromatic carbocycles. The molecule has 3 nitrogen and oxygen atoms in total. The Kier molecular flexibility index (Phi) is 3.90. The number of rotatable bonds is 1. The molecule has 24 heavy (non-hydrogen) atoms. The molecule has 2 aliphatic carbocycles. The summed E-state index contributed by atoms with van der Waals surface area (Å²) in [7, 11) is 1.83. The number of fused-ring (bicyclic) bond motifs is 3. The lowest BCUT2D eigenvalue weighted by atomic mass is 9.65. The Balaban J connectivity index is 1.86. The van der Waals surface area contributed by atoms with Crippen molar-refractivity contribution in [2.75, 3.05) is 7.11 Å². The molecule has 1 aliphatic heterocycles. The molecule has 5 heteroatoms. The van der Waals surface area contributed by atoms with Crippen LogP contribution < -0.4 is 5.32 Å². The molecule has 1 heterocycles. The number of aliphatic imine (C=N–C) groups is 1. The molecule has 2 spiro atoms. The monoisotopic (exact) mass is 406 g/mol. The molecule has 1 N–H and O–H groups in total. The Labute approximate surface area is 157 Å². The lowest BCUT2D eigenvalue weighted by Gasteiger charge is -2.46. The highest BCUT2D eigenvalue weighted by Gasteiger charge is 2.61. The molecule has 128 valence electrons. The lowest BCUT2D eigenvalue weighted by Crippen LogP contribution is -2.52. The average Bonchev–Trinajstić information content (AvgIpc) is 2.98. The molecule has 0 amide bonds. The Hall–Kier alpha value is -0.780. The average molecular weight is 407 g/mol. The van der Waals surface area contributed by atoms with E-state index in [2.05, 4.69) is 40.3 Å². The number of nitrogens with zero attached hydrogens (tertiary/aromatic N) is 1. The minimum absolute atomic E-state index is 0.0966. The van der Waals surface area contributed by atoms with Gasteiger partial charge in [-0.1, -0.05) is 34.2 Å². The van der Waals surface area contributed by atoms with Crippen LogP contribution in [0.2, 0.25) is 0 Å². The van der Waals surface area contributed by atoms with Crippen LogP contribution in [-0.2, 0) is 16.8 Å². The number of halogens is 1. The van der Waals surface area contributed by atoms with Gasteiger partial charge in [0.2, 0.25) is 0 Å². The summed E-state index contributed by atoms with van der Waals surface area (Å²) in [4.78, 5) is 5.94. The summed E-state index contributed by atoms with van der Waals surface area (Å²) in [6.07, 6.45) is 5.86. The van der Waals surface area contributed by atoms with E-state index in [1.165, 1.54) is 16.7 Å². The normalized spacial score (nSPS) is 34.6. The summed E-state index contributed by atoms with van der Waals surface area (Å²) >= 11 is 9.27. The van der Waals surface area contributed by atoms with Crippen LogP contribution in [0, 0.1) is 12.3 Å². The van der Waals surface area contributed by atoms with Gasteiger partial charge in [0.05, 0.1) is 11.8 Å². The topological polar surface area (TPSA) is 33.6 Å². The van der Waals surface area contributed by atoms with Gasteiger partial charge in [0, 0.05) is 22.6 Å². The lowest BCUT2D eigenvalue weighted by molar-refractivity contribution is -0.00614. The van der Waals surface area contributed by atoms with Crippen molar-refractivity contribution in [3.05, 3.63) is 33.3 Å². The third-order valence-corrected chi connectivity index (χ3v) is 7.50. The zero-order chi connectivity index (χ0) is 17.1. The van der Waals surface area contributed by atoms with Crippen molar-refractivity contribution in [3.63, 3.8) is 0 Å². The van der Waals surface area contributed by atoms with Gasteiger partial charge < -0.3 is 10.1 Å². The molecular formula is C19H23BrN2OS. The fourth-order valence-corrected chi connectivity index (χ4v) is 5.42. The Morgan fingerprint density at radius 3 is 2.58 bits per heavy atom. The minimum atomic E-state index is -0.390. The molecule has 1 unspecified atom stereocenters. The third-order valence-electron chi connectivity index (χ3n) is 6.25. The maximum atomic E-state index is 5.61. The SMILES string of the molecule is CO[C@H]1CC[C@]2(CC1)Cc1cc(C)c(Br)cc1C21N=C(C)C(=S)N1. The van der Waals surface area contributed by atoms with Gasteiger partial charge in [0.25, 0.3) is 0 Å². The van der Waals surface area contributed by atoms with E-state index in [-0.39, 0.29) is 5.41 Å². The second-order valence-corrected chi connectivity index (χ2v) is 8.78. The van der Waals surface area contributed by atoms with Gasteiger partial charge in [-0.05, 0) is 63.1 Å². The van der Waals surface area contributed by atoms with E-state index in [4.69, 9.17) is 21.9 Å². The first-order valence-corrected chi connectivity index (χ1v) is 9.82. The molecule has 1 atom stereocenters. The molecule has 0 radical (unpaired) electrons. The molecule has 0 saturated heterocycles. The van der Waals surface area contributed by atoms with E-state index in [1.807, 2.05) is 14.0 Å². The highest BCUT2D eigenvalue weighted by atomic mass is 79.9. The molecule has 3 aliphatic rings. The summed E-state index contributed by atoms with van der Waals surface area (Å²) in [5.41, 5.74) is 4.67. The molecule has 4 rings (SSSR count). The zero-order valence-electron chi connectivity index (χ0n) is 14.4. The van der Waals surface area contributed by atoms with Crippen LogP contribution in [-0.4, -0.2) is 23.9 Å². The van der Waals surface area contributed by atoms with Gasteiger partial charge in [-0.2, -0.15) is 0 Å². The highest BCUT2D eigenvalue weighted by Crippen LogP contribution is 2.60. The fourth-order valence-electron chi connectivity index (χ4n) is 4.88. The van der Waals surface area contributed by atoms with E-state index in [9.17, 15) is 0 Å². The van der Waals surface area contributed by atoms with E-state index >= 15 is 0 Å². The highest BCUT2D eigenvalue weighted by molar-refractivity contribution is 9.10. The van der Waals surface area contributed by atoms with Crippen molar-refractivity contribution >= 4 is 38.8 Å². The summed E-state index contributed by atoms with van der Waals surface area (Å²) in [5, 5.41) is 3.64. The summed E-state index contributed by atoms with van der Waals surface area (Å²) in [6.45, 7) is 4.19. The van der Waals surface area contributed by atoms with E-state index in [1.54, 1.807) is 0 Å². The van der Waals surface area contributed by atoms with Crippen molar-refractivity contribution in [2.45, 2.75) is 57.7 Å². The van der Waals surface area contributed by atoms with Gasteiger partial charge in [0.15, 0.2) is 5.66 Å². The summed E-state index contributed by atoms with van der Waals surface area (Å²) in [6, 6.07) is 4.59. The minimum Gasteiger partial charge on any atom is -0.381 e. The Bertz CT molecular complexity index is 752. The van der Waals surface area contributed by atoms with Gasteiger partial charge in [-0.3, -0.25) is 4.99 Å². The van der Waals surface area contributed by atoms with Crippen LogP contribution in [0.5, 0.6) is 0 Å². The van der Waals surface area contributed by atoms with Crippen LogP contribution in [0.15, 0.2) is 21.6 Å². The number of aryl methyl sites for hydroxylation is 1. The quantitative estimate of drug-likeness (QED) is 0.700. The third kappa shape index (κ3) is 2.17. The van der Waals surface area contributed by atoms with Gasteiger partial charge in [0.1, 0.15) is 4.99 Å². The molecule has 0 aromatic heterocycles. The van der Waals surface area contributed by atoms with E-state index < -0.39 is 5.66 Å². The predicted molar refractivity (Wildman–Crippen MR) is 105 cm³/mol. The molecular weight excluding hydrogens is 384 g/mol. The van der Waals surface area contributed by atoms with Crippen molar-refractivity contribution in [2.24, 2.45) is 10.4 Å². The number of benzene rings is 1. The number of methoxy groups -OCH3 is 1. The van der Waals surface area contributed by atoms with Crippen molar-refractivity contribution in [1.82, 2.24) is 5.32 Å². The first-order valence-electron chi connectivity index (χ1n) is 8.62. The van der Waals surface area contributed by atoms with E-state index in [0.29, 0.717) is 6.10 Å². The zero-order valence-corrected chi connectivity index (χ0v) is 16.8. The number of nitrogens with one attached hydrogen (secondary N) is 1.